The second kappa shape index (κ2) is 8.68. The van der Waals surface area contributed by atoms with Crippen molar-refractivity contribution in [2.45, 2.75) is 57.4 Å². The molecule has 30 heavy (non-hydrogen) atoms. The molecule has 2 aliphatic rings. The SMILES string of the molecule is CCN1CC(c2cccc(C)c2F)C(C(=O)Nc2cccc(Cl)c2)C12CCCCC2. The molecule has 2 fully saturated rings. The highest BCUT2D eigenvalue weighted by Crippen LogP contribution is 2.52. The van der Waals surface area contributed by atoms with Gasteiger partial charge < -0.3 is 5.32 Å². The number of likely N-dealkylation sites (tertiary alicyclic amines) is 1. The van der Waals surface area contributed by atoms with E-state index in [1.807, 2.05) is 24.3 Å². The number of carbonyl (C=O) groups is 1. The first-order valence-corrected chi connectivity index (χ1v) is 11.4. The van der Waals surface area contributed by atoms with E-state index in [1.165, 1.54) is 6.42 Å². The van der Waals surface area contributed by atoms with Crippen molar-refractivity contribution < 1.29 is 9.18 Å². The van der Waals surface area contributed by atoms with Gasteiger partial charge in [-0.15, -0.1) is 0 Å². The minimum absolute atomic E-state index is 0.0268. The van der Waals surface area contributed by atoms with Gasteiger partial charge in [-0.1, -0.05) is 62.1 Å². The van der Waals surface area contributed by atoms with E-state index in [4.69, 9.17) is 11.6 Å². The van der Waals surface area contributed by atoms with E-state index in [1.54, 1.807) is 25.1 Å². The number of carbonyl (C=O) groups excluding carboxylic acids is 1. The van der Waals surface area contributed by atoms with Crippen LogP contribution in [0.2, 0.25) is 5.02 Å². The van der Waals surface area contributed by atoms with Crippen molar-refractivity contribution in [2.75, 3.05) is 18.4 Å². The van der Waals surface area contributed by atoms with Crippen LogP contribution in [0, 0.1) is 18.7 Å². The molecule has 1 aliphatic heterocycles. The third-order valence-corrected chi connectivity index (χ3v) is 7.36. The fourth-order valence-corrected chi connectivity index (χ4v) is 5.97. The van der Waals surface area contributed by atoms with Crippen LogP contribution in [-0.2, 0) is 4.79 Å². The Kier molecular flexibility index (Phi) is 6.17. The molecule has 3 nitrogen and oxygen atoms in total. The highest BCUT2D eigenvalue weighted by Gasteiger charge is 2.56. The standard InChI is InChI=1S/C25H30ClFN2O/c1-3-29-16-21(20-12-7-9-17(2)23(20)27)22(25(29)13-5-4-6-14-25)24(30)28-19-11-8-10-18(26)15-19/h7-12,15,21-22H,3-6,13-14,16H2,1-2H3,(H,28,30). The summed E-state index contributed by atoms with van der Waals surface area (Å²) in [5.41, 5.74) is 1.78. The summed E-state index contributed by atoms with van der Waals surface area (Å²) in [6.07, 6.45) is 5.39. The summed E-state index contributed by atoms with van der Waals surface area (Å²) in [6, 6.07) is 12.8. The third-order valence-electron chi connectivity index (χ3n) is 7.13. The fourth-order valence-electron chi connectivity index (χ4n) is 5.78. The van der Waals surface area contributed by atoms with Crippen molar-refractivity contribution in [3.8, 4) is 0 Å². The number of rotatable bonds is 4. The van der Waals surface area contributed by atoms with Crippen LogP contribution in [0.4, 0.5) is 10.1 Å². The van der Waals surface area contributed by atoms with E-state index in [0.717, 1.165) is 32.2 Å². The Morgan fingerprint density at radius 3 is 2.63 bits per heavy atom. The van der Waals surface area contributed by atoms with E-state index >= 15 is 4.39 Å². The molecule has 1 saturated heterocycles. The maximum absolute atomic E-state index is 15.2. The molecule has 1 spiro atoms. The molecule has 0 bridgehead atoms. The van der Waals surface area contributed by atoms with E-state index in [-0.39, 0.29) is 29.1 Å². The Balaban J connectivity index is 1.76. The Bertz CT molecular complexity index is 925. The highest BCUT2D eigenvalue weighted by atomic mass is 35.5. The van der Waals surface area contributed by atoms with Gasteiger partial charge in [-0.25, -0.2) is 4.39 Å². The van der Waals surface area contributed by atoms with E-state index < -0.39 is 0 Å². The largest absolute Gasteiger partial charge is 0.326 e. The molecule has 5 heteroatoms. The molecule has 1 aliphatic carbocycles. The number of likely N-dealkylation sites (N-methyl/N-ethyl adjacent to an activating group) is 1. The van der Waals surface area contributed by atoms with Crippen molar-refractivity contribution in [1.29, 1.82) is 0 Å². The van der Waals surface area contributed by atoms with Crippen LogP contribution >= 0.6 is 11.6 Å². The number of aryl methyl sites for hydroxylation is 1. The Hall–Kier alpha value is -1.91. The zero-order valence-corrected chi connectivity index (χ0v) is 18.5. The van der Waals surface area contributed by atoms with Gasteiger partial charge in [0.15, 0.2) is 0 Å². The van der Waals surface area contributed by atoms with Crippen LogP contribution in [0.3, 0.4) is 0 Å². The number of amides is 1. The van der Waals surface area contributed by atoms with Crippen molar-refractivity contribution in [2.24, 2.45) is 5.92 Å². The average molecular weight is 429 g/mol. The molecule has 1 amide bonds. The van der Waals surface area contributed by atoms with Gasteiger partial charge in [0.25, 0.3) is 0 Å². The first kappa shape index (κ1) is 21.3. The quantitative estimate of drug-likeness (QED) is 0.632. The minimum Gasteiger partial charge on any atom is -0.326 e. The molecule has 2 unspecified atom stereocenters. The third kappa shape index (κ3) is 3.76. The number of hydrogen-bond acceptors (Lipinski definition) is 2. The average Bonchev–Trinajstić information content (AvgIpc) is 3.03. The Morgan fingerprint density at radius 1 is 1.20 bits per heavy atom. The van der Waals surface area contributed by atoms with Crippen molar-refractivity contribution in [3.05, 3.63) is 64.4 Å². The molecule has 0 radical (unpaired) electrons. The lowest BCUT2D eigenvalue weighted by Crippen LogP contribution is -2.52. The first-order valence-electron chi connectivity index (χ1n) is 11.0. The molecular weight excluding hydrogens is 399 g/mol. The van der Waals surface area contributed by atoms with Crippen molar-refractivity contribution in [3.63, 3.8) is 0 Å². The molecule has 2 atom stereocenters. The van der Waals surface area contributed by atoms with Crippen LogP contribution < -0.4 is 5.32 Å². The maximum atomic E-state index is 15.2. The van der Waals surface area contributed by atoms with Gasteiger partial charge in [-0.3, -0.25) is 9.69 Å². The monoisotopic (exact) mass is 428 g/mol. The topological polar surface area (TPSA) is 32.3 Å². The number of hydrogen-bond donors (Lipinski definition) is 1. The summed E-state index contributed by atoms with van der Waals surface area (Å²) in [6.45, 7) is 5.52. The second-order valence-electron chi connectivity index (χ2n) is 8.76. The number of nitrogens with zero attached hydrogens (tertiary/aromatic N) is 1. The molecule has 0 aromatic heterocycles. The fraction of sp³-hybridized carbons (Fsp3) is 0.480. The van der Waals surface area contributed by atoms with Crippen LogP contribution in [0.15, 0.2) is 42.5 Å². The minimum atomic E-state index is -0.298. The van der Waals surface area contributed by atoms with Crippen molar-refractivity contribution >= 4 is 23.2 Å². The van der Waals surface area contributed by atoms with E-state index in [9.17, 15) is 4.79 Å². The predicted octanol–water partition coefficient (Wildman–Crippen LogP) is 6.16. The lowest BCUT2D eigenvalue weighted by Gasteiger charge is -2.45. The van der Waals surface area contributed by atoms with Gasteiger partial charge >= 0.3 is 0 Å². The number of nitrogens with one attached hydrogen (secondary N) is 1. The maximum Gasteiger partial charge on any atom is 0.230 e. The van der Waals surface area contributed by atoms with Gasteiger partial charge in [0, 0.05) is 28.7 Å². The van der Waals surface area contributed by atoms with Gasteiger partial charge in [-0.2, -0.15) is 0 Å². The van der Waals surface area contributed by atoms with Crippen LogP contribution in [0.25, 0.3) is 0 Å². The van der Waals surface area contributed by atoms with Gasteiger partial charge in [0.05, 0.1) is 5.92 Å². The number of halogens is 2. The number of benzene rings is 2. The van der Waals surface area contributed by atoms with Crippen LogP contribution in [-0.4, -0.2) is 29.4 Å². The van der Waals surface area contributed by atoms with Crippen molar-refractivity contribution in [1.82, 2.24) is 4.90 Å². The zero-order valence-electron chi connectivity index (χ0n) is 17.8. The summed E-state index contributed by atoms with van der Waals surface area (Å²) >= 11 is 6.13. The molecule has 2 aromatic rings. The summed E-state index contributed by atoms with van der Waals surface area (Å²) < 4.78 is 15.2. The van der Waals surface area contributed by atoms with Gasteiger partial charge in [0.1, 0.15) is 5.82 Å². The number of anilines is 1. The highest BCUT2D eigenvalue weighted by molar-refractivity contribution is 6.30. The predicted molar refractivity (Wildman–Crippen MR) is 121 cm³/mol. The summed E-state index contributed by atoms with van der Waals surface area (Å²) in [5, 5.41) is 3.69. The molecule has 160 valence electrons. The lowest BCUT2D eigenvalue weighted by molar-refractivity contribution is -0.124. The van der Waals surface area contributed by atoms with E-state index in [2.05, 4.69) is 17.1 Å². The van der Waals surface area contributed by atoms with Crippen LogP contribution in [0.5, 0.6) is 0 Å². The Labute approximate surface area is 183 Å². The molecular formula is C25H30ClFN2O. The molecule has 1 N–H and O–H groups in total. The molecule has 1 heterocycles. The molecule has 1 saturated carbocycles. The normalized spacial score (nSPS) is 23.6. The van der Waals surface area contributed by atoms with Gasteiger partial charge in [-0.05, 0) is 55.6 Å². The molecule has 4 rings (SSSR count). The van der Waals surface area contributed by atoms with E-state index in [0.29, 0.717) is 28.4 Å². The lowest BCUT2D eigenvalue weighted by atomic mass is 9.69. The van der Waals surface area contributed by atoms with Gasteiger partial charge in [0.2, 0.25) is 5.91 Å². The summed E-state index contributed by atoms with van der Waals surface area (Å²) in [4.78, 5) is 16.2. The first-order chi connectivity index (χ1) is 14.5. The van der Waals surface area contributed by atoms with Crippen LogP contribution in [0.1, 0.15) is 56.1 Å². The second-order valence-corrected chi connectivity index (χ2v) is 9.20. The summed E-state index contributed by atoms with van der Waals surface area (Å²) in [5.74, 6) is -0.664. The smallest absolute Gasteiger partial charge is 0.230 e. The summed E-state index contributed by atoms with van der Waals surface area (Å²) in [7, 11) is 0. The molecule has 2 aromatic carbocycles. The Morgan fingerprint density at radius 2 is 1.93 bits per heavy atom. The zero-order chi connectivity index (χ0) is 21.3.